The van der Waals surface area contributed by atoms with Crippen molar-refractivity contribution in [3.8, 4) is 6.01 Å². The highest BCUT2D eigenvalue weighted by Crippen LogP contribution is 2.05. The SMILES string of the molecule is CC(C)CCOc1nccc(C(=N)N)n1. The third-order valence-corrected chi connectivity index (χ3v) is 1.84. The summed E-state index contributed by atoms with van der Waals surface area (Å²) in [7, 11) is 0. The third kappa shape index (κ3) is 3.93. The highest BCUT2D eigenvalue weighted by Gasteiger charge is 2.02. The normalized spacial score (nSPS) is 10.3. The van der Waals surface area contributed by atoms with E-state index < -0.39 is 0 Å². The summed E-state index contributed by atoms with van der Waals surface area (Å²) in [4.78, 5) is 7.92. The van der Waals surface area contributed by atoms with Gasteiger partial charge in [0.15, 0.2) is 0 Å². The molecule has 0 aliphatic carbocycles. The van der Waals surface area contributed by atoms with Crippen LogP contribution >= 0.6 is 0 Å². The number of hydrogen-bond donors (Lipinski definition) is 2. The van der Waals surface area contributed by atoms with Gasteiger partial charge in [-0.25, -0.2) is 4.98 Å². The van der Waals surface area contributed by atoms with Gasteiger partial charge in [-0.3, -0.25) is 5.41 Å². The fourth-order valence-corrected chi connectivity index (χ4v) is 0.946. The molecule has 0 bridgehead atoms. The molecular weight excluding hydrogens is 192 g/mol. The van der Waals surface area contributed by atoms with E-state index in [2.05, 4.69) is 23.8 Å². The average molecular weight is 208 g/mol. The lowest BCUT2D eigenvalue weighted by molar-refractivity contribution is 0.268. The van der Waals surface area contributed by atoms with Gasteiger partial charge < -0.3 is 10.5 Å². The first kappa shape index (κ1) is 11.4. The predicted molar refractivity (Wildman–Crippen MR) is 58.0 cm³/mol. The average Bonchev–Trinajstić information content (AvgIpc) is 2.17. The van der Waals surface area contributed by atoms with E-state index in [1.165, 1.54) is 6.20 Å². The second-order valence-electron chi connectivity index (χ2n) is 3.67. The Kier molecular flexibility index (Phi) is 4.03. The lowest BCUT2D eigenvalue weighted by atomic mass is 10.1. The maximum Gasteiger partial charge on any atom is 0.316 e. The van der Waals surface area contributed by atoms with Crippen molar-refractivity contribution in [2.24, 2.45) is 11.7 Å². The molecule has 1 heterocycles. The molecule has 0 saturated heterocycles. The maximum atomic E-state index is 7.21. The van der Waals surface area contributed by atoms with Gasteiger partial charge in [0.2, 0.25) is 0 Å². The fraction of sp³-hybridized carbons (Fsp3) is 0.500. The van der Waals surface area contributed by atoms with Crippen LogP contribution in [0.5, 0.6) is 6.01 Å². The number of nitrogen functional groups attached to an aromatic ring is 1. The van der Waals surface area contributed by atoms with Crippen molar-refractivity contribution in [3.05, 3.63) is 18.0 Å². The molecule has 5 heteroatoms. The molecule has 0 unspecified atom stereocenters. The van der Waals surface area contributed by atoms with Gasteiger partial charge in [0.25, 0.3) is 0 Å². The van der Waals surface area contributed by atoms with Gasteiger partial charge in [-0.05, 0) is 18.4 Å². The first-order valence-electron chi connectivity index (χ1n) is 4.90. The smallest absolute Gasteiger partial charge is 0.316 e. The van der Waals surface area contributed by atoms with Crippen LogP contribution in [0.25, 0.3) is 0 Å². The molecule has 0 aromatic carbocycles. The van der Waals surface area contributed by atoms with Gasteiger partial charge in [-0.2, -0.15) is 4.98 Å². The summed E-state index contributed by atoms with van der Waals surface area (Å²) in [5, 5.41) is 7.21. The first-order chi connectivity index (χ1) is 7.09. The van der Waals surface area contributed by atoms with Gasteiger partial charge in [0.05, 0.1) is 6.61 Å². The van der Waals surface area contributed by atoms with Crippen LogP contribution in [-0.2, 0) is 0 Å². The summed E-state index contributed by atoms with van der Waals surface area (Å²) in [6, 6.07) is 1.86. The van der Waals surface area contributed by atoms with Crippen LogP contribution in [0.4, 0.5) is 0 Å². The van der Waals surface area contributed by atoms with Gasteiger partial charge in [-0.15, -0.1) is 0 Å². The van der Waals surface area contributed by atoms with E-state index in [1.807, 2.05) is 0 Å². The highest BCUT2D eigenvalue weighted by atomic mass is 16.5. The summed E-state index contributed by atoms with van der Waals surface area (Å²) in [5.74, 6) is 0.507. The predicted octanol–water partition coefficient (Wildman–Crippen LogP) is 1.19. The Morgan fingerprint density at radius 3 is 2.93 bits per heavy atom. The van der Waals surface area contributed by atoms with Crippen LogP contribution < -0.4 is 10.5 Å². The monoisotopic (exact) mass is 208 g/mol. The summed E-state index contributed by atoms with van der Waals surface area (Å²) < 4.78 is 5.33. The van der Waals surface area contributed by atoms with Crippen molar-refractivity contribution in [2.75, 3.05) is 6.61 Å². The van der Waals surface area contributed by atoms with Gasteiger partial charge >= 0.3 is 6.01 Å². The zero-order valence-corrected chi connectivity index (χ0v) is 9.03. The molecule has 0 atom stereocenters. The summed E-state index contributed by atoms with van der Waals surface area (Å²) >= 11 is 0. The highest BCUT2D eigenvalue weighted by molar-refractivity contribution is 5.92. The Balaban J connectivity index is 2.54. The maximum absolute atomic E-state index is 7.21. The third-order valence-electron chi connectivity index (χ3n) is 1.84. The van der Waals surface area contributed by atoms with E-state index in [0.29, 0.717) is 18.2 Å². The molecule has 3 N–H and O–H groups in total. The second kappa shape index (κ2) is 5.29. The van der Waals surface area contributed by atoms with E-state index in [-0.39, 0.29) is 11.8 Å². The summed E-state index contributed by atoms with van der Waals surface area (Å²) in [6.07, 6.45) is 2.49. The van der Waals surface area contributed by atoms with Crippen LogP contribution in [0.1, 0.15) is 26.0 Å². The van der Waals surface area contributed by atoms with Gasteiger partial charge in [-0.1, -0.05) is 13.8 Å². The Bertz CT molecular complexity index is 338. The molecule has 15 heavy (non-hydrogen) atoms. The minimum atomic E-state index is -0.0777. The molecule has 82 valence electrons. The van der Waals surface area contributed by atoms with Crippen LogP contribution in [0.2, 0.25) is 0 Å². The van der Waals surface area contributed by atoms with E-state index >= 15 is 0 Å². The zero-order chi connectivity index (χ0) is 11.3. The Labute approximate surface area is 89.2 Å². The minimum absolute atomic E-state index is 0.0777. The molecule has 5 nitrogen and oxygen atoms in total. The molecule has 0 aliphatic rings. The lowest BCUT2D eigenvalue weighted by Gasteiger charge is -2.06. The molecular formula is C10H16N4O. The molecule has 1 aromatic rings. The molecule has 0 saturated carbocycles. The molecule has 0 spiro atoms. The summed E-state index contributed by atoms with van der Waals surface area (Å²) in [5.41, 5.74) is 5.69. The Morgan fingerprint density at radius 1 is 1.60 bits per heavy atom. The van der Waals surface area contributed by atoms with Crippen molar-refractivity contribution >= 4 is 5.84 Å². The van der Waals surface area contributed by atoms with E-state index in [4.69, 9.17) is 15.9 Å². The zero-order valence-electron chi connectivity index (χ0n) is 9.03. The van der Waals surface area contributed by atoms with Crippen LogP contribution in [0, 0.1) is 11.3 Å². The minimum Gasteiger partial charge on any atom is -0.463 e. The molecule has 0 aliphatic heterocycles. The van der Waals surface area contributed by atoms with Crippen molar-refractivity contribution in [3.63, 3.8) is 0 Å². The first-order valence-corrected chi connectivity index (χ1v) is 4.90. The molecule has 0 fully saturated rings. The number of ether oxygens (including phenoxy) is 1. The van der Waals surface area contributed by atoms with Crippen LogP contribution in [0.15, 0.2) is 12.3 Å². The van der Waals surface area contributed by atoms with Crippen molar-refractivity contribution in [1.82, 2.24) is 9.97 Å². The van der Waals surface area contributed by atoms with Crippen molar-refractivity contribution in [2.45, 2.75) is 20.3 Å². The van der Waals surface area contributed by atoms with E-state index in [1.54, 1.807) is 6.07 Å². The Morgan fingerprint density at radius 2 is 2.33 bits per heavy atom. The quantitative estimate of drug-likeness (QED) is 0.562. The summed E-state index contributed by atoms with van der Waals surface area (Å²) in [6.45, 7) is 4.82. The van der Waals surface area contributed by atoms with E-state index in [0.717, 1.165) is 6.42 Å². The molecule has 1 rings (SSSR count). The number of aromatic nitrogens is 2. The molecule has 0 radical (unpaired) electrons. The fourth-order valence-electron chi connectivity index (χ4n) is 0.946. The number of nitrogens with two attached hydrogens (primary N) is 1. The molecule has 1 aromatic heterocycles. The lowest BCUT2D eigenvalue weighted by Crippen LogP contribution is -2.14. The number of nitrogens with zero attached hydrogens (tertiary/aromatic N) is 2. The van der Waals surface area contributed by atoms with Crippen molar-refractivity contribution in [1.29, 1.82) is 5.41 Å². The van der Waals surface area contributed by atoms with Gasteiger partial charge in [0.1, 0.15) is 11.5 Å². The number of hydrogen-bond acceptors (Lipinski definition) is 4. The van der Waals surface area contributed by atoms with Crippen molar-refractivity contribution < 1.29 is 4.74 Å². The second-order valence-corrected chi connectivity index (χ2v) is 3.67. The number of rotatable bonds is 5. The largest absolute Gasteiger partial charge is 0.463 e. The number of nitrogens with one attached hydrogen (secondary N) is 1. The van der Waals surface area contributed by atoms with E-state index in [9.17, 15) is 0 Å². The van der Waals surface area contributed by atoms with Crippen LogP contribution in [-0.4, -0.2) is 22.4 Å². The van der Waals surface area contributed by atoms with Crippen LogP contribution in [0.3, 0.4) is 0 Å². The van der Waals surface area contributed by atoms with Gasteiger partial charge in [0, 0.05) is 6.20 Å². The number of amidine groups is 1. The molecule has 0 amide bonds. The standard InChI is InChI=1S/C10H16N4O/c1-7(2)4-6-15-10-13-5-3-8(14-10)9(11)12/h3,5,7H,4,6H2,1-2H3,(H3,11,12). The topological polar surface area (TPSA) is 84.9 Å². The Hall–Kier alpha value is -1.65.